The number of halogens is 2. The van der Waals surface area contributed by atoms with Gasteiger partial charge < -0.3 is 14.6 Å². The number of nitrogens with zero attached hydrogens (tertiary/aromatic N) is 1. The Morgan fingerprint density at radius 1 is 1.63 bits per heavy atom. The predicted molar refractivity (Wildman–Crippen MR) is 54.2 cm³/mol. The van der Waals surface area contributed by atoms with E-state index in [9.17, 15) is 23.9 Å². The Morgan fingerprint density at radius 2 is 2.32 bits per heavy atom. The van der Waals surface area contributed by atoms with Gasteiger partial charge in [0.05, 0.1) is 6.07 Å². The highest BCUT2D eigenvalue weighted by atomic mass is 19.3. The van der Waals surface area contributed by atoms with Gasteiger partial charge in [-0.2, -0.15) is 14.0 Å². The van der Waals surface area contributed by atoms with Crippen LogP contribution >= 0.6 is 0 Å². The average Bonchev–Trinajstić information content (AvgIpc) is 2.89. The molecule has 1 heterocycles. The topological polar surface area (TPSA) is 106 Å². The number of hydrogen-bond acceptors (Lipinski definition) is 6. The summed E-state index contributed by atoms with van der Waals surface area (Å²) in [5.74, 6) is -2.35. The standard InChI is InChI=1S/C11H12F2N2O4/c12-11(13,15)9(17)18-6-4-1-5-7(6)19-8(16)10(5,2-4)3-14/h4-8,16H,1-2,15H2. The molecular formula is C11H12F2N2O4. The lowest BCUT2D eigenvalue weighted by Gasteiger charge is -2.30. The number of hydrogen-bond donors (Lipinski definition) is 2. The molecule has 0 aromatic heterocycles. The highest BCUT2D eigenvalue weighted by molar-refractivity contribution is 5.76. The van der Waals surface area contributed by atoms with Crippen molar-refractivity contribution in [1.29, 1.82) is 5.26 Å². The molecular weight excluding hydrogens is 262 g/mol. The minimum atomic E-state index is -4.05. The summed E-state index contributed by atoms with van der Waals surface area (Å²) < 4.78 is 35.2. The first-order chi connectivity index (χ1) is 8.79. The maximum Gasteiger partial charge on any atom is 0.397 e. The monoisotopic (exact) mass is 274 g/mol. The zero-order valence-corrected chi connectivity index (χ0v) is 9.75. The minimum Gasteiger partial charge on any atom is -0.454 e. The Kier molecular flexibility index (Phi) is 2.43. The van der Waals surface area contributed by atoms with Crippen molar-refractivity contribution in [3.05, 3.63) is 0 Å². The molecule has 3 fully saturated rings. The average molecular weight is 274 g/mol. The number of aliphatic hydroxyl groups is 1. The molecule has 2 saturated carbocycles. The van der Waals surface area contributed by atoms with Gasteiger partial charge in [-0.15, -0.1) is 0 Å². The fourth-order valence-corrected chi connectivity index (χ4v) is 3.66. The van der Waals surface area contributed by atoms with Crippen molar-refractivity contribution in [1.82, 2.24) is 0 Å². The number of rotatable bonds is 2. The van der Waals surface area contributed by atoms with Gasteiger partial charge in [0.1, 0.15) is 17.6 Å². The number of fused-ring (bicyclic) bond motifs is 1. The van der Waals surface area contributed by atoms with Crippen LogP contribution in [0, 0.1) is 28.6 Å². The van der Waals surface area contributed by atoms with E-state index >= 15 is 0 Å². The molecule has 19 heavy (non-hydrogen) atoms. The second kappa shape index (κ2) is 3.62. The zero-order chi connectivity index (χ0) is 14.0. The molecule has 1 saturated heterocycles. The summed E-state index contributed by atoms with van der Waals surface area (Å²) in [6.45, 7) is 0. The van der Waals surface area contributed by atoms with Crippen molar-refractivity contribution in [2.24, 2.45) is 23.0 Å². The number of carbonyl (C=O) groups is 1. The van der Waals surface area contributed by atoms with E-state index in [4.69, 9.17) is 9.47 Å². The number of ether oxygens (including phenoxy) is 2. The maximum absolute atomic E-state index is 12.6. The van der Waals surface area contributed by atoms with Crippen LogP contribution in [0.15, 0.2) is 0 Å². The molecule has 3 N–H and O–H groups in total. The van der Waals surface area contributed by atoms with Crippen LogP contribution < -0.4 is 5.73 Å². The lowest BCUT2D eigenvalue weighted by atomic mass is 9.74. The molecule has 2 aliphatic carbocycles. The fourth-order valence-electron chi connectivity index (χ4n) is 3.66. The molecule has 0 spiro atoms. The van der Waals surface area contributed by atoms with Crippen molar-refractivity contribution < 1.29 is 28.2 Å². The Hall–Kier alpha value is -1.30. The van der Waals surface area contributed by atoms with Crippen LogP contribution in [0.5, 0.6) is 0 Å². The summed E-state index contributed by atoms with van der Waals surface area (Å²) in [5.41, 5.74) is 3.39. The molecule has 3 aliphatic rings. The highest BCUT2D eigenvalue weighted by Crippen LogP contribution is 2.63. The number of carbonyl (C=O) groups excluding carboxylic acids is 1. The van der Waals surface area contributed by atoms with E-state index in [1.807, 2.05) is 0 Å². The van der Waals surface area contributed by atoms with E-state index < -0.39 is 35.9 Å². The second-order valence-electron chi connectivity index (χ2n) is 5.40. The third-order valence-electron chi connectivity index (χ3n) is 4.45. The van der Waals surface area contributed by atoms with E-state index in [1.54, 1.807) is 0 Å². The molecule has 104 valence electrons. The maximum atomic E-state index is 12.6. The normalized spacial score (nSPS) is 47.2. The summed E-state index contributed by atoms with van der Waals surface area (Å²) in [6.07, 6.45) is -2.05. The second-order valence-corrected chi connectivity index (χ2v) is 5.40. The predicted octanol–water partition coefficient (Wildman–Crippen LogP) is -0.283. The zero-order valence-electron chi connectivity index (χ0n) is 9.75. The van der Waals surface area contributed by atoms with Crippen LogP contribution in [0.4, 0.5) is 8.78 Å². The van der Waals surface area contributed by atoms with Gasteiger partial charge in [-0.1, -0.05) is 0 Å². The molecule has 3 rings (SSSR count). The minimum absolute atomic E-state index is 0.252. The summed E-state index contributed by atoms with van der Waals surface area (Å²) in [6, 6.07) is -1.98. The summed E-state index contributed by atoms with van der Waals surface area (Å²) in [4.78, 5) is 11.1. The van der Waals surface area contributed by atoms with Gasteiger partial charge >= 0.3 is 12.0 Å². The van der Waals surface area contributed by atoms with Crippen molar-refractivity contribution in [2.75, 3.05) is 0 Å². The van der Waals surface area contributed by atoms with Crippen LogP contribution in [-0.2, 0) is 14.3 Å². The first-order valence-electron chi connectivity index (χ1n) is 5.92. The Bertz CT molecular complexity index is 474. The Morgan fingerprint density at radius 3 is 2.89 bits per heavy atom. The Balaban J connectivity index is 1.80. The van der Waals surface area contributed by atoms with E-state index in [0.29, 0.717) is 6.42 Å². The van der Waals surface area contributed by atoms with Gasteiger partial charge in [-0.25, -0.2) is 4.79 Å². The van der Waals surface area contributed by atoms with Crippen molar-refractivity contribution in [3.63, 3.8) is 0 Å². The van der Waals surface area contributed by atoms with Gasteiger partial charge in [0.2, 0.25) is 0 Å². The number of esters is 1. The van der Waals surface area contributed by atoms with E-state index in [0.717, 1.165) is 0 Å². The van der Waals surface area contributed by atoms with Gasteiger partial charge in [0, 0.05) is 11.8 Å². The van der Waals surface area contributed by atoms with Crippen LogP contribution in [0.3, 0.4) is 0 Å². The van der Waals surface area contributed by atoms with Crippen molar-refractivity contribution in [3.8, 4) is 6.07 Å². The molecule has 0 amide bonds. The third-order valence-corrected chi connectivity index (χ3v) is 4.45. The molecule has 8 heteroatoms. The molecule has 6 atom stereocenters. The number of nitrogens with two attached hydrogens (primary N) is 1. The Labute approximate surface area is 107 Å². The fraction of sp³-hybridized carbons (Fsp3) is 0.818. The van der Waals surface area contributed by atoms with Gasteiger partial charge in [-0.05, 0) is 12.8 Å². The van der Waals surface area contributed by atoms with Gasteiger partial charge in [0.25, 0.3) is 0 Å². The lowest BCUT2D eigenvalue weighted by molar-refractivity contribution is -0.189. The summed E-state index contributed by atoms with van der Waals surface area (Å²) in [7, 11) is 0. The first-order valence-corrected chi connectivity index (χ1v) is 5.92. The largest absolute Gasteiger partial charge is 0.454 e. The number of aliphatic hydroxyl groups excluding tert-OH is 1. The summed E-state index contributed by atoms with van der Waals surface area (Å²) >= 11 is 0. The molecule has 0 aromatic rings. The molecule has 0 radical (unpaired) electrons. The molecule has 1 aliphatic heterocycles. The highest BCUT2D eigenvalue weighted by Gasteiger charge is 2.71. The quantitative estimate of drug-likeness (QED) is 0.530. The van der Waals surface area contributed by atoms with Crippen LogP contribution in [0.25, 0.3) is 0 Å². The van der Waals surface area contributed by atoms with E-state index in [1.165, 1.54) is 0 Å². The SMILES string of the molecule is N#CC12CC3CC1C(OC2O)C3OC(=O)C(N)(F)F. The first kappa shape index (κ1) is 12.7. The van der Waals surface area contributed by atoms with Crippen molar-refractivity contribution in [2.45, 2.75) is 37.4 Å². The van der Waals surface area contributed by atoms with E-state index in [2.05, 4.69) is 11.8 Å². The van der Waals surface area contributed by atoms with Gasteiger partial charge in [-0.3, -0.25) is 5.73 Å². The molecule has 0 aromatic carbocycles. The molecule has 2 bridgehead atoms. The smallest absolute Gasteiger partial charge is 0.397 e. The molecule has 6 nitrogen and oxygen atoms in total. The summed E-state index contributed by atoms with van der Waals surface area (Å²) in [5, 5.41) is 19.0. The van der Waals surface area contributed by atoms with Gasteiger partial charge in [0.15, 0.2) is 6.29 Å². The van der Waals surface area contributed by atoms with Crippen molar-refractivity contribution >= 4 is 5.97 Å². The lowest BCUT2D eigenvalue weighted by Crippen LogP contribution is -2.46. The van der Waals surface area contributed by atoms with Crippen LogP contribution in [-0.4, -0.2) is 35.6 Å². The van der Waals surface area contributed by atoms with Crippen LogP contribution in [0.1, 0.15) is 12.8 Å². The number of alkyl halides is 2. The van der Waals surface area contributed by atoms with E-state index in [-0.39, 0.29) is 18.3 Å². The van der Waals surface area contributed by atoms with Crippen LogP contribution in [0.2, 0.25) is 0 Å². The number of nitriles is 1. The molecule has 6 unspecified atom stereocenters. The third kappa shape index (κ3) is 1.52.